The molecule has 1 heterocycles. The van der Waals surface area contributed by atoms with Crippen LogP contribution in [-0.2, 0) is 11.3 Å². The lowest BCUT2D eigenvalue weighted by Crippen LogP contribution is -2.05. The molecule has 74 valence electrons. The maximum absolute atomic E-state index is 9.46. The van der Waals surface area contributed by atoms with Gasteiger partial charge in [0.15, 0.2) is 5.52 Å². The van der Waals surface area contributed by atoms with Gasteiger partial charge in [0.25, 0.3) is 0 Å². The Morgan fingerprint density at radius 2 is 2.36 bits per heavy atom. The van der Waals surface area contributed by atoms with Crippen molar-refractivity contribution in [3.8, 4) is 5.75 Å². The minimum Gasteiger partial charge on any atom is -0.506 e. The van der Waals surface area contributed by atoms with Crippen molar-refractivity contribution in [2.24, 2.45) is 0 Å². The molecule has 0 radical (unpaired) electrons. The standard InChI is InChI=1S/C9H11N3O2/c1-14-6-5-12-7-3-2-4-8(13)9(7)10-11-12/h2-4,13H,5-6H2,1H3. The molecule has 1 aromatic carbocycles. The Hall–Kier alpha value is -1.62. The van der Waals surface area contributed by atoms with Gasteiger partial charge in [-0.15, -0.1) is 5.10 Å². The highest BCUT2D eigenvalue weighted by molar-refractivity contribution is 5.80. The summed E-state index contributed by atoms with van der Waals surface area (Å²) in [5.41, 5.74) is 1.35. The molecule has 2 aromatic rings. The average Bonchev–Trinajstić information content (AvgIpc) is 2.60. The first-order valence-electron chi connectivity index (χ1n) is 4.33. The second kappa shape index (κ2) is 3.63. The number of aromatic nitrogens is 3. The van der Waals surface area contributed by atoms with Crippen LogP contribution < -0.4 is 0 Å². The zero-order valence-electron chi connectivity index (χ0n) is 7.84. The van der Waals surface area contributed by atoms with Crippen molar-refractivity contribution >= 4 is 11.0 Å². The summed E-state index contributed by atoms with van der Waals surface area (Å²) in [4.78, 5) is 0. The number of benzene rings is 1. The van der Waals surface area contributed by atoms with Crippen LogP contribution in [0.4, 0.5) is 0 Å². The van der Waals surface area contributed by atoms with Crippen molar-refractivity contribution in [1.82, 2.24) is 15.0 Å². The number of phenolic OH excluding ortho intramolecular Hbond substituents is 1. The number of fused-ring (bicyclic) bond motifs is 1. The monoisotopic (exact) mass is 193 g/mol. The van der Waals surface area contributed by atoms with Gasteiger partial charge in [0.05, 0.1) is 18.7 Å². The second-order valence-corrected chi connectivity index (χ2v) is 2.95. The van der Waals surface area contributed by atoms with Gasteiger partial charge in [-0.2, -0.15) is 0 Å². The van der Waals surface area contributed by atoms with E-state index in [1.807, 2.05) is 6.07 Å². The Labute approximate surface area is 80.9 Å². The van der Waals surface area contributed by atoms with Crippen LogP contribution in [0.1, 0.15) is 0 Å². The number of phenols is 1. The minimum atomic E-state index is 0.158. The predicted molar refractivity (Wildman–Crippen MR) is 51.1 cm³/mol. The predicted octanol–water partition coefficient (Wildman–Crippen LogP) is 0.783. The third-order valence-corrected chi connectivity index (χ3v) is 2.03. The van der Waals surface area contributed by atoms with Crippen molar-refractivity contribution in [1.29, 1.82) is 0 Å². The lowest BCUT2D eigenvalue weighted by Gasteiger charge is -2.00. The van der Waals surface area contributed by atoms with Gasteiger partial charge < -0.3 is 9.84 Å². The number of ether oxygens (including phenoxy) is 1. The Morgan fingerprint density at radius 1 is 1.50 bits per heavy atom. The summed E-state index contributed by atoms with van der Waals surface area (Å²) < 4.78 is 6.65. The lowest BCUT2D eigenvalue weighted by atomic mass is 10.3. The summed E-state index contributed by atoms with van der Waals surface area (Å²) in [6, 6.07) is 5.23. The van der Waals surface area contributed by atoms with Crippen LogP contribution >= 0.6 is 0 Å². The van der Waals surface area contributed by atoms with E-state index in [0.717, 1.165) is 5.52 Å². The smallest absolute Gasteiger partial charge is 0.154 e. The molecule has 5 nitrogen and oxygen atoms in total. The van der Waals surface area contributed by atoms with Crippen LogP contribution in [0.2, 0.25) is 0 Å². The molecule has 14 heavy (non-hydrogen) atoms. The summed E-state index contributed by atoms with van der Waals surface area (Å²) in [6.45, 7) is 1.21. The largest absolute Gasteiger partial charge is 0.506 e. The van der Waals surface area contributed by atoms with Gasteiger partial charge in [0, 0.05) is 7.11 Å². The van der Waals surface area contributed by atoms with E-state index in [-0.39, 0.29) is 5.75 Å². The summed E-state index contributed by atoms with van der Waals surface area (Å²) in [7, 11) is 1.64. The highest BCUT2D eigenvalue weighted by Crippen LogP contribution is 2.20. The van der Waals surface area contributed by atoms with Gasteiger partial charge in [-0.3, -0.25) is 0 Å². The molecule has 0 amide bonds. The fourth-order valence-corrected chi connectivity index (χ4v) is 1.32. The average molecular weight is 193 g/mol. The fourth-order valence-electron chi connectivity index (χ4n) is 1.32. The molecule has 2 rings (SSSR count). The number of methoxy groups -OCH3 is 1. The van der Waals surface area contributed by atoms with E-state index in [4.69, 9.17) is 4.74 Å². The highest BCUT2D eigenvalue weighted by Gasteiger charge is 2.06. The maximum atomic E-state index is 9.46. The van der Waals surface area contributed by atoms with E-state index in [1.165, 1.54) is 0 Å². The summed E-state index contributed by atoms with van der Waals surface area (Å²) in [5.74, 6) is 0.158. The van der Waals surface area contributed by atoms with E-state index < -0.39 is 0 Å². The first-order valence-corrected chi connectivity index (χ1v) is 4.33. The molecule has 0 saturated heterocycles. The summed E-state index contributed by atoms with van der Waals surface area (Å²) in [5, 5.41) is 17.3. The molecular formula is C9H11N3O2. The number of aromatic hydroxyl groups is 1. The molecule has 1 N–H and O–H groups in total. The summed E-state index contributed by atoms with van der Waals surface area (Å²) in [6.07, 6.45) is 0. The Kier molecular flexibility index (Phi) is 2.32. The van der Waals surface area contributed by atoms with Crippen LogP contribution in [0.15, 0.2) is 18.2 Å². The number of hydrogen-bond acceptors (Lipinski definition) is 4. The molecule has 5 heteroatoms. The minimum absolute atomic E-state index is 0.158. The van der Waals surface area contributed by atoms with E-state index >= 15 is 0 Å². The Balaban J connectivity index is 2.42. The van der Waals surface area contributed by atoms with E-state index in [0.29, 0.717) is 18.7 Å². The SMILES string of the molecule is COCCn1nnc2c(O)cccc21. The lowest BCUT2D eigenvalue weighted by molar-refractivity contribution is 0.184. The molecule has 0 unspecified atom stereocenters. The van der Waals surface area contributed by atoms with Gasteiger partial charge >= 0.3 is 0 Å². The van der Waals surface area contributed by atoms with Gasteiger partial charge in [0.2, 0.25) is 0 Å². The normalized spacial score (nSPS) is 10.9. The third kappa shape index (κ3) is 1.42. The van der Waals surface area contributed by atoms with Gasteiger partial charge in [-0.1, -0.05) is 11.3 Å². The number of nitrogens with zero attached hydrogens (tertiary/aromatic N) is 3. The zero-order chi connectivity index (χ0) is 9.97. The van der Waals surface area contributed by atoms with E-state index in [2.05, 4.69) is 10.3 Å². The number of hydrogen-bond donors (Lipinski definition) is 1. The molecule has 1 aromatic heterocycles. The van der Waals surface area contributed by atoms with Gasteiger partial charge in [-0.25, -0.2) is 4.68 Å². The van der Waals surface area contributed by atoms with Crippen molar-refractivity contribution in [3.63, 3.8) is 0 Å². The number of rotatable bonds is 3. The second-order valence-electron chi connectivity index (χ2n) is 2.95. The quantitative estimate of drug-likeness (QED) is 0.782. The van der Waals surface area contributed by atoms with Crippen molar-refractivity contribution in [2.75, 3.05) is 13.7 Å². The highest BCUT2D eigenvalue weighted by atomic mass is 16.5. The first-order chi connectivity index (χ1) is 6.83. The topological polar surface area (TPSA) is 60.2 Å². The fraction of sp³-hybridized carbons (Fsp3) is 0.333. The molecule has 0 aliphatic heterocycles. The summed E-state index contributed by atoms with van der Waals surface area (Å²) >= 11 is 0. The van der Waals surface area contributed by atoms with Crippen LogP contribution in [0.5, 0.6) is 5.75 Å². The third-order valence-electron chi connectivity index (χ3n) is 2.03. The zero-order valence-corrected chi connectivity index (χ0v) is 7.84. The molecule has 0 saturated carbocycles. The van der Waals surface area contributed by atoms with Crippen molar-refractivity contribution < 1.29 is 9.84 Å². The van der Waals surface area contributed by atoms with Gasteiger partial charge in [0.1, 0.15) is 5.75 Å². The Morgan fingerprint density at radius 3 is 3.14 bits per heavy atom. The van der Waals surface area contributed by atoms with E-state index in [1.54, 1.807) is 23.9 Å². The van der Waals surface area contributed by atoms with Crippen LogP contribution in [0, 0.1) is 0 Å². The molecule has 0 atom stereocenters. The van der Waals surface area contributed by atoms with Crippen molar-refractivity contribution in [3.05, 3.63) is 18.2 Å². The molecular weight excluding hydrogens is 182 g/mol. The maximum Gasteiger partial charge on any atom is 0.154 e. The molecule has 0 aliphatic rings. The Bertz CT molecular complexity index is 439. The molecule has 0 fully saturated rings. The molecule has 0 aliphatic carbocycles. The first kappa shape index (κ1) is 8.96. The van der Waals surface area contributed by atoms with Gasteiger partial charge in [-0.05, 0) is 12.1 Å². The van der Waals surface area contributed by atoms with Crippen LogP contribution in [0.3, 0.4) is 0 Å². The van der Waals surface area contributed by atoms with E-state index in [9.17, 15) is 5.11 Å². The molecule has 0 spiro atoms. The van der Waals surface area contributed by atoms with Crippen molar-refractivity contribution in [2.45, 2.75) is 6.54 Å². The molecule has 0 bridgehead atoms. The van der Waals surface area contributed by atoms with Crippen LogP contribution in [-0.4, -0.2) is 33.8 Å². The van der Waals surface area contributed by atoms with Crippen LogP contribution in [0.25, 0.3) is 11.0 Å².